The number of thiophene rings is 1. The number of carbonyl (C=O) groups is 1. The van der Waals surface area contributed by atoms with E-state index in [4.69, 9.17) is 9.47 Å². The van der Waals surface area contributed by atoms with Gasteiger partial charge in [-0.15, -0.1) is 11.3 Å². The van der Waals surface area contributed by atoms with E-state index in [2.05, 4.69) is 24.0 Å². The Morgan fingerprint density at radius 1 is 1.26 bits per heavy atom. The van der Waals surface area contributed by atoms with Crippen molar-refractivity contribution in [3.63, 3.8) is 0 Å². The van der Waals surface area contributed by atoms with Crippen molar-refractivity contribution in [1.29, 1.82) is 0 Å². The van der Waals surface area contributed by atoms with Gasteiger partial charge in [0, 0.05) is 15.3 Å². The number of hydrogen-bond donors (Lipinski definition) is 1. The van der Waals surface area contributed by atoms with Crippen molar-refractivity contribution in [2.45, 2.75) is 44.7 Å². The van der Waals surface area contributed by atoms with Crippen LogP contribution in [0.2, 0.25) is 0 Å². The Labute approximate surface area is 164 Å². The lowest BCUT2D eigenvalue weighted by Crippen LogP contribution is -2.46. The minimum Gasteiger partial charge on any atom is -0.493 e. The fourth-order valence-electron chi connectivity index (χ4n) is 3.88. The lowest BCUT2D eigenvalue weighted by molar-refractivity contribution is -0.145. The van der Waals surface area contributed by atoms with Gasteiger partial charge in [-0.2, -0.15) is 0 Å². The number of aliphatic carboxylic acids is 1. The Balaban J connectivity index is 2.15. The molecule has 1 aromatic carbocycles. The summed E-state index contributed by atoms with van der Waals surface area (Å²) in [4.78, 5) is 16.5. The van der Waals surface area contributed by atoms with Gasteiger partial charge in [-0.25, -0.2) is 0 Å². The molecule has 146 valence electrons. The minimum absolute atomic E-state index is 0.165. The maximum Gasteiger partial charge on any atom is 0.320 e. The molecule has 2 heterocycles. The van der Waals surface area contributed by atoms with Crippen LogP contribution in [-0.2, 0) is 11.2 Å². The normalized spacial score (nSPS) is 18.9. The number of nitrogens with zero attached hydrogens (tertiary/aromatic N) is 1. The van der Waals surface area contributed by atoms with Gasteiger partial charge in [-0.3, -0.25) is 9.69 Å². The zero-order valence-corrected chi connectivity index (χ0v) is 16.9. The predicted molar refractivity (Wildman–Crippen MR) is 107 cm³/mol. The van der Waals surface area contributed by atoms with Crippen LogP contribution in [0.1, 0.15) is 47.5 Å². The molecule has 2 unspecified atom stereocenters. The Morgan fingerprint density at radius 3 is 2.70 bits per heavy atom. The van der Waals surface area contributed by atoms with Crippen LogP contribution < -0.4 is 9.47 Å². The average molecular weight is 390 g/mol. The third-order valence-electron chi connectivity index (χ3n) is 5.19. The molecule has 1 saturated heterocycles. The maximum atomic E-state index is 12.0. The minimum atomic E-state index is -0.756. The molecule has 0 aliphatic carbocycles. The molecule has 2 atom stereocenters. The fraction of sp³-hybridized carbons (Fsp3) is 0.476. The second-order valence-corrected chi connectivity index (χ2v) is 7.93. The second-order valence-electron chi connectivity index (χ2n) is 6.73. The Bertz CT molecular complexity index is 788. The van der Waals surface area contributed by atoms with E-state index >= 15 is 0 Å². The number of carboxylic acid groups (broad SMARTS) is 1. The smallest absolute Gasteiger partial charge is 0.320 e. The van der Waals surface area contributed by atoms with Crippen LogP contribution in [-0.4, -0.2) is 42.8 Å². The summed E-state index contributed by atoms with van der Waals surface area (Å²) in [6.45, 7) is 2.89. The van der Waals surface area contributed by atoms with E-state index in [1.54, 1.807) is 25.6 Å². The van der Waals surface area contributed by atoms with E-state index in [9.17, 15) is 9.90 Å². The molecule has 5 nitrogen and oxygen atoms in total. The van der Waals surface area contributed by atoms with Gasteiger partial charge in [0.05, 0.1) is 20.3 Å². The predicted octanol–water partition coefficient (Wildman–Crippen LogP) is 4.36. The van der Waals surface area contributed by atoms with Crippen LogP contribution in [0, 0.1) is 0 Å². The van der Waals surface area contributed by atoms with Crippen LogP contribution >= 0.6 is 11.3 Å². The number of rotatable bonds is 7. The number of benzene rings is 1. The van der Waals surface area contributed by atoms with Crippen molar-refractivity contribution < 1.29 is 19.4 Å². The number of likely N-dealkylation sites (tertiary alicyclic amines) is 1. The SMILES string of the molecule is CCc1ccc(C(c2cccc(OC)c2OC)N2CCCCC2C(=O)O)s1. The molecular weight excluding hydrogens is 362 g/mol. The highest BCUT2D eigenvalue weighted by Gasteiger charge is 2.37. The van der Waals surface area contributed by atoms with Crippen LogP contribution in [0.3, 0.4) is 0 Å². The van der Waals surface area contributed by atoms with Crippen molar-refractivity contribution in [1.82, 2.24) is 4.90 Å². The van der Waals surface area contributed by atoms with E-state index in [1.165, 1.54) is 4.88 Å². The van der Waals surface area contributed by atoms with Crippen LogP contribution in [0.25, 0.3) is 0 Å². The van der Waals surface area contributed by atoms with Gasteiger partial charge in [0.25, 0.3) is 0 Å². The molecular formula is C21H27NO4S. The van der Waals surface area contributed by atoms with Crippen molar-refractivity contribution in [3.8, 4) is 11.5 Å². The monoisotopic (exact) mass is 389 g/mol. The van der Waals surface area contributed by atoms with Gasteiger partial charge >= 0.3 is 5.97 Å². The molecule has 2 aromatic rings. The van der Waals surface area contributed by atoms with Crippen LogP contribution in [0.5, 0.6) is 11.5 Å². The summed E-state index contributed by atoms with van der Waals surface area (Å²) in [7, 11) is 3.26. The van der Waals surface area contributed by atoms with E-state index in [-0.39, 0.29) is 6.04 Å². The molecule has 1 aliphatic rings. The van der Waals surface area contributed by atoms with Crippen molar-refractivity contribution in [3.05, 3.63) is 45.6 Å². The standard InChI is InChI=1S/C21H27NO4S/c1-4-14-11-12-18(27-14)19(22-13-6-5-9-16(22)21(23)24)15-8-7-10-17(25-2)20(15)26-3/h7-8,10-12,16,19H,4-6,9,13H2,1-3H3,(H,23,24). The van der Waals surface area contributed by atoms with Crippen LogP contribution in [0.4, 0.5) is 0 Å². The summed E-state index contributed by atoms with van der Waals surface area (Å²) in [6.07, 6.45) is 3.58. The topological polar surface area (TPSA) is 59.0 Å². The Hall–Kier alpha value is -2.05. The molecule has 1 aliphatic heterocycles. The molecule has 3 rings (SSSR count). The van der Waals surface area contributed by atoms with Crippen molar-refractivity contribution >= 4 is 17.3 Å². The summed E-state index contributed by atoms with van der Waals surface area (Å²) in [6, 6.07) is 9.44. The number of hydrogen-bond acceptors (Lipinski definition) is 5. The third kappa shape index (κ3) is 3.96. The Morgan fingerprint density at radius 2 is 2.07 bits per heavy atom. The highest BCUT2D eigenvalue weighted by molar-refractivity contribution is 7.12. The molecule has 1 fully saturated rings. The van der Waals surface area contributed by atoms with Crippen LogP contribution in [0.15, 0.2) is 30.3 Å². The largest absolute Gasteiger partial charge is 0.493 e. The molecule has 0 bridgehead atoms. The van der Waals surface area contributed by atoms with E-state index in [0.717, 1.165) is 36.2 Å². The van der Waals surface area contributed by atoms with Gasteiger partial charge in [0.1, 0.15) is 6.04 Å². The zero-order valence-electron chi connectivity index (χ0n) is 16.1. The summed E-state index contributed by atoms with van der Waals surface area (Å²) in [5, 5.41) is 9.84. The number of aryl methyl sites for hydroxylation is 1. The fourth-order valence-corrected chi connectivity index (χ4v) is 4.98. The molecule has 0 spiro atoms. The molecule has 1 aromatic heterocycles. The third-order valence-corrected chi connectivity index (χ3v) is 6.47. The summed E-state index contributed by atoms with van der Waals surface area (Å²) >= 11 is 1.74. The van der Waals surface area contributed by atoms with E-state index < -0.39 is 12.0 Å². The molecule has 0 radical (unpaired) electrons. The summed E-state index contributed by atoms with van der Waals surface area (Å²) < 4.78 is 11.2. The van der Waals surface area contributed by atoms with Crippen molar-refractivity contribution in [2.24, 2.45) is 0 Å². The van der Waals surface area contributed by atoms with Gasteiger partial charge in [0.2, 0.25) is 0 Å². The number of methoxy groups -OCH3 is 2. The maximum absolute atomic E-state index is 12.0. The summed E-state index contributed by atoms with van der Waals surface area (Å²) in [5.74, 6) is 0.580. The van der Waals surface area contributed by atoms with E-state index in [0.29, 0.717) is 17.9 Å². The highest BCUT2D eigenvalue weighted by Crippen LogP contribution is 2.44. The van der Waals surface area contributed by atoms with Gasteiger partial charge in [-0.05, 0) is 44.0 Å². The molecule has 0 saturated carbocycles. The number of para-hydroxylation sites is 1. The first kappa shape index (κ1) is 19.7. The molecule has 27 heavy (non-hydrogen) atoms. The van der Waals surface area contributed by atoms with Gasteiger partial charge in [-0.1, -0.05) is 25.5 Å². The lowest BCUT2D eigenvalue weighted by Gasteiger charge is -2.39. The van der Waals surface area contributed by atoms with E-state index in [1.807, 2.05) is 18.2 Å². The average Bonchev–Trinajstić information content (AvgIpc) is 3.17. The molecule has 1 N–H and O–H groups in total. The number of carboxylic acids is 1. The van der Waals surface area contributed by atoms with Gasteiger partial charge < -0.3 is 14.6 Å². The highest BCUT2D eigenvalue weighted by atomic mass is 32.1. The first-order valence-electron chi connectivity index (χ1n) is 9.38. The number of piperidine rings is 1. The number of ether oxygens (including phenoxy) is 2. The van der Waals surface area contributed by atoms with Gasteiger partial charge in [0.15, 0.2) is 11.5 Å². The lowest BCUT2D eigenvalue weighted by atomic mass is 9.94. The van der Waals surface area contributed by atoms with Crippen molar-refractivity contribution in [2.75, 3.05) is 20.8 Å². The summed E-state index contributed by atoms with van der Waals surface area (Å²) in [5.41, 5.74) is 0.953. The molecule has 0 amide bonds. The Kier molecular flexibility index (Phi) is 6.39. The second kappa shape index (κ2) is 8.76. The quantitative estimate of drug-likeness (QED) is 0.763. The molecule has 6 heteroatoms. The zero-order chi connectivity index (χ0) is 19.4. The first-order chi connectivity index (χ1) is 13.1. The first-order valence-corrected chi connectivity index (χ1v) is 10.2.